The van der Waals surface area contributed by atoms with Gasteiger partial charge in [-0.15, -0.1) is 0 Å². The van der Waals surface area contributed by atoms with Crippen molar-refractivity contribution in [1.29, 1.82) is 0 Å². The molecule has 1 N–H and O–H groups in total. The molecule has 0 amide bonds. The van der Waals surface area contributed by atoms with Crippen LogP contribution in [0.4, 0.5) is 0 Å². The number of carbonyl (C=O) groups excluding carboxylic acids is 1. The van der Waals surface area contributed by atoms with Crippen molar-refractivity contribution in [2.24, 2.45) is 0 Å². The van der Waals surface area contributed by atoms with Gasteiger partial charge in [0.15, 0.2) is 5.78 Å². The highest BCUT2D eigenvalue weighted by Crippen LogP contribution is 2.40. The van der Waals surface area contributed by atoms with Gasteiger partial charge in [-0.05, 0) is 40.1 Å². The van der Waals surface area contributed by atoms with Crippen molar-refractivity contribution in [1.82, 2.24) is 5.32 Å². The Morgan fingerprint density at radius 1 is 1.35 bits per heavy atom. The summed E-state index contributed by atoms with van der Waals surface area (Å²) in [6.07, 6.45) is 0.730. The first kappa shape index (κ1) is 13.4. The van der Waals surface area contributed by atoms with E-state index in [1.165, 1.54) is 0 Å². The fraction of sp³-hybridized carbons (Fsp3) is 0.188. The molecule has 1 aromatic carbocycles. The summed E-state index contributed by atoms with van der Waals surface area (Å²) in [6, 6.07) is 9.51. The van der Waals surface area contributed by atoms with E-state index in [1.807, 2.05) is 42.8 Å². The molecule has 0 saturated carbocycles. The number of benzene rings is 1. The van der Waals surface area contributed by atoms with Gasteiger partial charge in [-0.1, -0.05) is 23.7 Å². The van der Waals surface area contributed by atoms with E-state index < -0.39 is 0 Å². The molecule has 0 saturated heterocycles. The highest BCUT2D eigenvalue weighted by atomic mass is 35.5. The zero-order valence-corrected chi connectivity index (χ0v) is 12.6. The van der Waals surface area contributed by atoms with Gasteiger partial charge in [-0.2, -0.15) is 11.3 Å². The lowest BCUT2D eigenvalue weighted by Crippen LogP contribution is -2.07. The van der Waals surface area contributed by atoms with E-state index in [9.17, 15) is 4.79 Å². The third-order valence-corrected chi connectivity index (χ3v) is 4.57. The maximum atomic E-state index is 12.7. The lowest BCUT2D eigenvalue weighted by Gasteiger charge is -2.07. The minimum absolute atomic E-state index is 0.0716. The van der Waals surface area contributed by atoms with Gasteiger partial charge in [-0.3, -0.25) is 4.79 Å². The number of hydrogen-bond acceptors (Lipinski definition) is 3. The third-order valence-electron chi connectivity index (χ3n) is 3.63. The van der Waals surface area contributed by atoms with Crippen LogP contribution < -0.4 is 5.32 Å². The fourth-order valence-electron chi connectivity index (χ4n) is 2.65. The van der Waals surface area contributed by atoms with Crippen LogP contribution >= 0.6 is 22.9 Å². The first-order chi connectivity index (χ1) is 9.70. The summed E-state index contributed by atoms with van der Waals surface area (Å²) in [5, 5.41) is 7.89. The Balaban J connectivity index is 2.02. The predicted molar refractivity (Wildman–Crippen MR) is 84.1 cm³/mol. The van der Waals surface area contributed by atoms with Gasteiger partial charge in [0, 0.05) is 29.8 Å². The molecular formula is C16H14ClNOS. The molecule has 20 heavy (non-hydrogen) atoms. The van der Waals surface area contributed by atoms with Crippen molar-refractivity contribution in [3.8, 4) is 0 Å². The van der Waals surface area contributed by atoms with E-state index in [0.29, 0.717) is 5.02 Å². The molecule has 1 aromatic heterocycles. The highest BCUT2D eigenvalue weighted by Gasteiger charge is 2.34. The normalized spacial score (nSPS) is 18.7. The monoisotopic (exact) mass is 303 g/mol. The lowest BCUT2D eigenvalue weighted by atomic mass is 9.95. The van der Waals surface area contributed by atoms with Crippen LogP contribution in [0.1, 0.15) is 23.5 Å². The van der Waals surface area contributed by atoms with Crippen molar-refractivity contribution in [2.45, 2.75) is 12.3 Å². The molecular weight excluding hydrogens is 290 g/mol. The Kier molecular flexibility index (Phi) is 3.64. The maximum Gasteiger partial charge on any atom is 0.173 e. The Morgan fingerprint density at radius 2 is 2.20 bits per heavy atom. The summed E-state index contributed by atoms with van der Waals surface area (Å²) in [5.41, 5.74) is 3.76. The summed E-state index contributed by atoms with van der Waals surface area (Å²) < 4.78 is 0. The summed E-state index contributed by atoms with van der Waals surface area (Å²) in [6.45, 7) is 0. The van der Waals surface area contributed by atoms with Crippen LogP contribution in [0.3, 0.4) is 0 Å². The maximum absolute atomic E-state index is 12.7. The Morgan fingerprint density at radius 3 is 2.85 bits per heavy atom. The number of carbonyl (C=O) groups is 1. The van der Waals surface area contributed by atoms with Gasteiger partial charge in [0.25, 0.3) is 0 Å². The molecule has 102 valence electrons. The molecule has 0 fully saturated rings. The van der Waals surface area contributed by atoms with Crippen LogP contribution in [0.15, 0.2) is 46.8 Å². The quantitative estimate of drug-likeness (QED) is 0.925. The average molecular weight is 304 g/mol. The number of ketones is 1. The summed E-state index contributed by atoms with van der Waals surface area (Å²) >= 11 is 7.67. The molecule has 0 spiro atoms. The molecule has 1 aliphatic carbocycles. The van der Waals surface area contributed by atoms with Crippen LogP contribution in [0.5, 0.6) is 0 Å². The summed E-state index contributed by atoms with van der Waals surface area (Å²) in [5.74, 6) is 0.104. The Bertz CT molecular complexity index is 676. The van der Waals surface area contributed by atoms with Gasteiger partial charge in [-0.25, -0.2) is 0 Å². The molecule has 3 rings (SSSR count). The molecule has 0 bridgehead atoms. The first-order valence-corrected chi connectivity index (χ1v) is 7.76. The fourth-order valence-corrected chi connectivity index (χ4v) is 3.56. The second-order valence-electron chi connectivity index (χ2n) is 4.79. The van der Waals surface area contributed by atoms with Gasteiger partial charge in [0.2, 0.25) is 0 Å². The molecule has 4 heteroatoms. The number of allylic oxidation sites excluding steroid dienone is 2. The molecule has 1 unspecified atom stereocenters. The van der Waals surface area contributed by atoms with Crippen molar-refractivity contribution in [2.75, 3.05) is 7.05 Å². The number of rotatable bonds is 3. The van der Waals surface area contributed by atoms with Gasteiger partial charge in [0.05, 0.1) is 5.92 Å². The number of halogens is 1. The molecule has 1 atom stereocenters. The zero-order valence-electron chi connectivity index (χ0n) is 11.0. The standard InChI is InChI=1S/C16H14ClNOS/c1-18-14-8-13(11-5-6-20-9-11)16(19)15(14)10-3-2-4-12(17)7-10/h2-7,9,13,18H,8H2,1H3. The van der Waals surface area contributed by atoms with E-state index in [4.69, 9.17) is 11.6 Å². The topological polar surface area (TPSA) is 29.1 Å². The highest BCUT2D eigenvalue weighted by molar-refractivity contribution is 7.08. The lowest BCUT2D eigenvalue weighted by molar-refractivity contribution is -0.114. The van der Waals surface area contributed by atoms with Crippen molar-refractivity contribution in [3.05, 3.63) is 62.9 Å². The van der Waals surface area contributed by atoms with Crippen LogP contribution in [0.25, 0.3) is 5.57 Å². The van der Waals surface area contributed by atoms with Crippen molar-refractivity contribution < 1.29 is 4.79 Å². The van der Waals surface area contributed by atoms with E-state index in [1.54, 1.807) is 11.3 Å². The van der Waals surface area contributed by atoms with Crippen LogP contribution in [0, 0.1) is 0 Å². The predicted octanol–water partition coefficient (Wildman–Crippen LogP) is 4.09. The molecule has 0 radical (unpaired) electrons. The van der Waals surface area contributed by atoms with E-state index in [-0.39, 0.29) is 11.7 Å². The van der Waals surface area contributed by atoms with Crippen LogP contribution in [-0.2, 0) is 4.79 Å². The Hall–Kier alpha value is -1.58. The summed E-state index contributed by atoms with van der Waals surface area (Å²) in [4.78, 5) is 12.7. The van der Waals surface area contributed by atoms with E-state index in [2.05, 4.69) is 10.7 Å². The zero-order chi connectivity index (χ0) is 14.1. The van der Waals surface area contributed by atoms with Crippen LogP contribution in [-0.4, -0.2) is 12.8 Å². The van der Waals surface area contributed by atoms with Gasteiger partial charge in [0.1, 0.15) is 0 Å². The Labute approximate surface area is 127 Å². The molecule has 0 aliphatic heterocycles. The molecule has 1 heterocycles. The second-order valence-corrected chi connectivity index (χ2v) is 6.01. The van der Waals surface area contributed by atoms with Crippen molar-refractivity contribution >= 4 is 34.3 Å². The largest absolute Gasteiger partial charge is 0.391 e. The van der Waals surface area contributed by atoms with Gasteiger partial charge >= 0.3 is 0 Å². The molecule has 2 aromatic rings. The molecule has 2 nitrogen and oxygen atoms in total. The van der Waals surface area contributed by atoms with Crippen molar-refractivity contribution in [3.63, 3.8) is 0 Å². The number of hydrogen-bond donors (Lipinski definition) is 1. The SMILES string of the molecule is CNC1=C(c2cccc(Cl)c2)C(=O)C(c2ccsc2)C1. The second kappa shape index (κ2) is 5.43. The minimum Gasteiger partial charge on any atom is -0.391 e. The smallest absolute Gasteiger partial charge is 0.173 e. The first-order valence-electron chi connectivity index (χ1n) is 6.44. The minimum atomic E-state index is -0.0716. The van der Waals surface area contributed by atoms with Crippen LogP contribution in [0.2, 0.25) is 5.02 Å². The number of Topliss-reactive ketones (excluding diaryl/α,β-unsaturated/α-hetero) is 1. The molecule has 1 aliphatic rings. The van der Waals surface area contributed by atoms with Gasteiger partial charge < -0.3 is 5.32 Å². The van der Waals surface area contributed by atoms with E-state index in [0.717, 1.165) is 28.8 Å². The average Bonchev–Trinajstić information content (AvgIpc) is 3.05. The summed E-state index contributed by atoms with van der Waals surface area (Å²) in [7, 11) is 1.86. The third kappa shape index (κ3) is 2.28. The number of thiophene rings is 1. The van der Waals surface area contributed by atoms with E-state index >= 15 is 0 Å². The number of nitrogens with one attached hydrogen (secondary N) is 1.